The molecule has 25 heavy (non-hydrogen) atoms. The molecule has 0 saturated heterocycles. The third-order valence-electron chi connectivity index (χ3n) is 3.81. The molecule has 3 aromatic rings. The van der Waals surface area contributed by atoms with E-state index in [9.17, 15) is 13.2 Å². The number of nitrogens with zero attached hydrogens (tertiary/aromatic N) is 1. The second kappa shape index (κ2) is 7.04. The smallest absolute Gasteiger partial charge is 0.416 e. The first-order valence-corrected chi connectivity index (χ1v) is 7.97. The van der Waals surface area contributed by atoms with Crippen LogP contribution in [0.4, 0.5) is 18.9 Å². The van der Waals surface area contributed by atoms with E-state index in [4.69, 9.17) is 4.74 Å². The summed E-state index contributed by atoms with van der Waals surface area (Å²) in [6.07, 6.45) is -0.311. The molecule has 4 nitrogen and oxygen atoms in total. The van der Waals surface area contributed by atoms with Gasteiger partial charge in [-0.2, -0.15) is 13.2 Å². The van der Waals surface area contributed by atoms with Crippen molar-refractivity contribution in [2.24, 2.45) is 0 Å². The van der Waals surface area contributed by atoms with E-state index in [0.29, 0.717) is 18.8 Å². The van der Waals surface area contributed by atoms with E-state index in [1.807, 2.05) is 19.2 Å². The van der Waals surface area contributed by atoms with E-state index in [-0.39, 0.29) is 0 Å². The number of anilines is 1. The fraction of sp³-hybridized carbons (Fsp3) is 0.278. The minimum absolute atomic E-state index is 0.361. The summed E-state index contributed by atoms with van der Waals surface area (Å²) in [6, 6.07) is 7.02. The van der Waals surface area contributed by atoms with Crippen LogP contribution >= 0.6 is 0 Å². The SMILES string of the molecule is CCNc1c[nH]c2ncc(OCCc3ccc(C(F)(F)F)cc3)cc12. The van der Waals surface area contributed by atoms with Gasteiger partial charge in [-0.25, -0.2) is 4.98 Å². The van der Waals surface area contributed by atoms with Gasteiger partial charge in [0.25, 0.3) is 0 Å². The van der Waals surface area contributed by atoms with Gasteiger partial charge in [-0.3, -0.25) is 0 Å². The van der Waals surface area contributed by atoms with Crippen LogP contribution in [-0.4, -0.2) is 23.1 Å². The van der Waals surface area contributed by atoms with E-state index in [1.165, 1.54) is 12.1 Å². The molecule has 0 fully saturated rings. The molecule has 0 atom stereocenters. The van der Waals surface area contributed by atoms with E-state index >= 15 is 0 Å². The first kappa shape index (κ1) is 17.1. The minimum Gasteiger partial charge on any atom is -0.492 e. The van der Waals surface area contributed by atoms with Gasteiger partial charge >= 0.3 is 6.18 Å². The van der Waals surface area contributed by atoms with Gasteiger partial charge in [0.15, 0.2) is 0 Å². The average molecular weight is 349 g/mol. The Morgan fingerprint density at radius 3 is 2.64 bits per heavy atom. The Hall–Kier alpha value is -2.70. The third kappa shape index (κ3) is 4.04. The Morgan fingerprint density at radius 2 is 1.96 bits per heavy atom. The Morgan fingerprint density at radius 1 is 1.20 bits per heavy atom. The number of alkyl halides is 3. The van der Waals surface area contributed by atoms with Crippen LogP contribution < -0.4 is 10.1 Å². The van der Waals surface area contributed by atoms with Crippen LogP contribution in [-0.2, 0) is 12.6 Å². The van der Waals surface area contributed by atoms with E-state index < -0.39 is 11.7 Å². The standard InChI is InChI=1S/C18H18F3N3O/c1-2-22-16-11-24-17-15(16)9-14(10-23-17)25-8-7-12-3-5-13(6-4-12)18(19,20)21/h3-6,9-11,22H,2,7-8H2,1H3,(H,23,24). The zero-order valence-corrected chi connectivity index (χ0v) is 13.7. The van der Waals surface area contributed by atoms with Crippen molar-refractivity contribution < 1.29 is 17.9 Å². The Bertz CT molecular complexity index is 841. The summed E-state index contributed by atoms with van der Waals surface area (Å²) in [6.45, 7) is 3.17. The van der Waals surface area contributed by atoms with Crippen molar-refractivity contribution in [1.82, 2.24) is 9.97 Å². The van der Waals surface area contributed by atoms with E-state index in [2.05, 4.69) is 15.3 Å². The lowest BCUT2D eigenvalue weighted by molar-refractivity contribution is -0.137. The number of H-pyrrole nitrogens is 1. The van der Waals surface area contributed by atoms with Crippen molar-refractivity contribution in [2.45, 2.75) is 19.5 Å². The zero-order chi connectivity index (χ0) is 17.9. The molecule has 2 heterocycles. The van der Waals surface area contributed by atoms with Crippen molar-refractivity contribution in [3.63, 3.8) is 0 Å². The number of benzene rings is 1. The lowest BCUT2D eigenvalue weighted by Crippen LogP contribution is -2.06. The van der Waals surface area contributed by atoms with Gasteiger partial charge < -0.3 is 15.0 Å². The summed E-state index contributed by atoms with van der Waals surface area (Å²) in [7, 11) is 0. The molecule has 2 aromatic heterocycles. The van der Waals surface area contributed by atoms with Crippen LogP contribution in [0.3, 0.4) is 0 Å². The second-order valence-electron chi connectivity index (χ2n) is 5.59. The average Bonchev–Trinajstić information content (AvgIpc) is 2.97. The number of hydrogen-bond donors (Lipinski definition) is 2. The molecule has 0 aliphatic heterocycles. The lowest BCUT2D eigenvalue weighted by Gasteiger charge is -2.09. The molecule has 0 saturated carbocycles. The number of fused-ring (bicyclic) bond motifs is 1. The predicted octanol–water partition coefficient (Wildman–Crippen LogP) is 4.64. The first-order valence-electron chi connectivity index (χ1n) is 7.97. The van der Waals surface area contributed by atoms with Crippen molar-refractivity contribution in [3.05, 3.63) is 53.9 Å². The lowest BCUT2D eigenvalue weighted by atomic mass is 10.1. The topological polar surface area (TPSA) is 49.9 Å². The number of ether oxygens (including phenoxy) is 1. The number of aromatic amines is 1. The summed E-state index contributed by atoms with van der Waals surface area (Å²) < 4.78 is 43.3. The van der Waals surface area contributed by atoms with Crippen LogP contribution in [0.5, 0.6) is 5.75 Å². The van der Waals surface area contributed by atoms with Crippen molar-refractivity contribution in [1.29, 1.82) is 0 Å². The van der Waals surface area contributed by atoms with Crippen molar-refractivity contribution in [3.8, 4) is 5.75 Å². The predicted molar refractivity (Wildman–Crippen MR) is 90.9 cm³/mol. The Balaban J connectivity index is 1.62. The number of hydrogen-bond acceptors (Lipinski definition) is 3. The Kier molecular flexibility index (Phi) is 4.83. The molecule has 7 heteroatoms. The monoisotopic (exact) mass is 349 g/mol. The molecule has 0 spiro atoms. The van der Waals surface area contributed by atoms with Gasteiger partial charge in [-0.1, -0.05) is 12.1 Å². The molecule has 3 rings (SSSR count). The molecule has 0 unspecified atom stereocenters. The molecule has 0 amide bonds. The first-order chi connectivity index (χ1) is 12.0. The zero-order valence-electron chi connectivity index (χ0n) is 13.7. The third-order valence-corrected chi connectivity index (χ3v) is 3.81. The maximum absolute atomic E-state index is 12.5. The molecule has 2 N–H and O–H groups in total. The quantitative estimate of drug-likeness (QED) is 0.682. The van der Waals surface area contributed by atoms with E-state index in [1.54, 1.807) is 6.20 Å². The fourth-order valence-corrected chi connectivity index (χ4v) is 2.55. The number of pyridine rings is 1. The van der Waals surface area contributed by atoms with Gasteiger partial charge in [0.1, 0.15) is 11.4 Å². The van der Waals surface area contributed by atoms with Gasteiger partial charge in [-0.05, 0) is 30.7 Å². The highest BCUT2D eigenvalue weighted by Gasteiger charge is 2.29. The van der Waals surface area contributed by atoms with Gasteiger partial charge in [0.2, 0.25) is 0 Å². The second-order valence-corrected chi connectivity index (χ2v) is 5.59. The number of aromatic nitrogens is 2. The van der Waals surface area contributed by atoms with Crippen LogP contribution in [0.15, 0.2) is 42.7 Å². The van der Waals surface area contributed by atoms with Gasteiger partial charge in [-0.15, -0.1) is 0 Å². The summed E-state index contributed by atoms with van der Waals surface area (Å²) in [5.41, 5.74) is 1.87. The van der Waals surface area contributed by atoms with Crippen LogP contribution in [0.1, 0.15) is 18.1 Å². The molecule has 0 radical (unpaired) electrons. The molecular weight excluding hydrogens is 331 g/mol. The van der Waals surface area contributed by atoms with Crippen LogP contribution in [0.25, 0.3) is 11.0 Å². The summed E-state index contributed by atoms with van der Waals surface area (Å²) in [5.74, 6) is 0.623. The van der Waals surface area contributed by atoms with Gasteiger partial charge in [0.05, 0.1) is 24.1 Å². The number of halogens is 3. The summed E-state index contributed by atoms with van der Waals surface area (Å²) >= 11 is 0. The fourth-order valence-electron chi connectivity index (χ4n) is 2.55. The highest BCUT2D eigenvalue weighted by atomic mass is 19.4. The van der Waals surface area contributed by atoms with Crippen LogP contribution in [0, 0.1) is 0 Å². The van der Waals surface area contributed by atoms with Gasteiger partial charge in [0, 0.05) is 24.5 Å². The number of nitrogens with one attached hydrogen (secondary N) is 2. The molecule has 132 valence electrons. The molecule has 1 aromatic carbocycles. The summed E-state index contributed by atoms with van der Waals surface area (Å²) in [4.78, 5) is 7.38. The molecule has 0 aliphatic rings. The maximum Gasteiger partial charge on any atom is 0.416 e. The van der Waals surface area contributed by atoms with E-state index in [0.717, 1.165) is 41.0 Å². The molecule has 0 bridgehead atoms. The molecular formula is C18H18F3N3O. The summed E-state index contributed by atoms with van der Waals surface area (Å²) in [5, 5.41) is 4.18. The normalized spacial score (nSPS) is 11.7. The maximum atomic E-state index is 12.5. The Labute approximate surface area is 143 Å². The number of rotatable bonds is 6. The molecule has 0 aliphatic carbocycles. The highest BCUT2D eigenvalue weighted by Crippen LogP contribution is 2.29. The van der Waals surface area contributed by atoms with Crippen molar-refractivity contribution in [2.75, 3.05) is 18.5 Å². The van der Waals surface area contributed by atoms with Crippen LogP contribution in [0.2, 0.25) is 0 Å². The largest absolute Gasteiger partial charge is 0.492 e. The van der Waals surface area contributed by atoms with Crippen molar-refractivity contribution >= 4 is 16.7 Å². The highest BCUT2D eigenvalue weighted by molar-refractivity contribution is 5.90. The minimum atomic E-state index is -4.31.